The maximum atomic E-state index is 13.8. The van der Waals surface area contributed by atoms with E-state index in [0.717, 1.165) is 0 Å². The molecule has 19 heavy (non-hydrogen) atoms. The van der Waals surface area contributed by atoms with Gasteiger partial charge in [-0.25, -0.2) is 4.39 Å². The Morgan fingerprint density at radius 1 is 1.26 bits per heavy atom. The van der Waals surface area contributed by atoms with E-state index in [1.54, 1.807) is 37.3 Å². The van der Waals surface area contributed by atoms with Crippen molar-refractivity contribution in [3.8, 4) is 11.5 Å². The maximum absolute atomic E-state index is 13.8. The Kier molecular flexibility index (Phi) is 4.45. The monoisotopic (exact) mass is 343 g/mol. The Labute approximate surface area is 124 Å². The number of hydrogen-bond donors (Lipinski definition) is 1. The Bertz CT molecular complexity index is 604. The van der Waals surface area contributed by atoms with Crippen molar-refractivity contribution in [1.29, 1.82) is 0 Å². The molecule has 2 rings (SSSR count). The van der Waals surface area contributed by atoms with Crippen molar-refractivity contribution in [3.63, 3.8) is 0 Å². The molecule has 1 unspecified atom stereocenters. The molecule has 2 aromatic rings. The first-order valence-corrected chi connectivity index (χ1v) is 6.83. The minimum Gasteiger partial charge on any atom is -0.456 e. The molecule has 0 aliphatic heterocycles. The van der Waals surface area contributed by atoms with Crippen molar-refractivity contribution in [2.75, 3.05) is 0 Å². The van der Waals surface area contributed by atoms with Crippen molar-refractivity contribution in [2.45, 2.75) is 13.0 Å². The molecule has 2 aromatic carbocycles. The van der Waals surface area contributed by atoms with Crippen LogP contribution in [0.3, 0.4) is 0 Å². The quantitative estimate of drug-likeness (QED) is 0.845. The highest BCUT2D eigenvalue weighted by Crippen LogP contribution is 2.35. The van der Waals surface area contributed by atoms with Crippen LogP contribution < -0.4 is 10.5 Å². The van der Waals surface area contributed by atoms with Gasteiger partial charge in [0, 0.05) is 16.6 Å². The van der Waals surface area contributed by atoms with Gasteiger partial charge >= 0.3 is 0 Å². The summed E-state index contributed by atoms with van der Waals surface area (Å²) >= 11 is 9.21. The van der Waals surface area contributed by atoms with Crippen LogP contribution in [0.4, 0.5) is 4.39 Å². The number of ether oxygens (including phenoxy) is 1. The SMILES string of the molecule is CC(N)c1c(F)cccc1Oc1ccc(Cl)cc1Br. The molecule has 100 valence electrons. The number of benzene rings is 2. The summed E-state index contributed by atoms with van der Waals surface area (Å²) in [6.07, 6.45) is 0. The molecule has 0 amide bonds. The standard InChI is InChI=1S/C14H12BrClFNO/c1-8(18)14-11(17)3-2-4-13(14)19-12-6-5-9(16)7-10(12)15/h2-8H,18H2,1H3. The predicted molar refractivity (Wildman–Crippen MR) is 78.2 cm³/mol. The van der Waals surface area contributed by atoms with Crippen molar-refractivity contribution >= 4 is 27.5 Å². The van der Waals surface area contributed by atoms with E-state index in [1.807, 2.05) is 0 Å². The molecule has 0 aliphatic carbocycles. The van der Waals surface area contributed by atoms with E-state index in [0.29, 0.717) is 26.6 Å². The van der Waals surface area contributed by atoms with Crippen molar-refractivity contribution in [1.82, 2.24) is 0 Å². The lowest BCUT2D eigenvalue weighted by molar-refractivity contribution is 0.458. The molecule has 5 heteroatoms. The fourth-order valence-electron chi connectivity index (χ4n) is 1.72. The van der Waals surface area contributed by atoms with Crippen LogP contribution >= 0.6 is 27.5 Å². The third-order valence-corrected chi connectivity index (χ3v) is 3.44. The van der Waals surface area contributed by atoms with Crippen LogP contribution in [0.2, 0.25) is 5.02 Å². The summed E-state index contributed by atoms with van der Waals surface area (Å²) in [4.78, 5) is 0. The first kappa shape index (κ1) is 14.3. The van der Waals surface area contributed by atoms with E-state index in [9.17, 15) is 4.39 Å². The lowest BCUT2D eigenvalue weighted by atomic mass is 10.1. The highest BCUT2D eigenvalue weighted by atomic mass is 79.9. The van der Waals surface area contributed by atoms with Crippen LogP contribution in [0.15, 0.2) is 40.9 Å². The van der Waals surface area contributed by atoms with Crippen LogP contribution in [0.5, 0.6) is 11.5 Å². The van der Waals surface area contributed by atoms with Crippen LogP contribution in [-0.4, -0.2) is 0 Å². The molecule has 2 N–H and O–H groups in total. The average Bonchev–Trinajstić information content (AvgIpc) is 2.32. The smallest absolute Gasteiger partial charge is 0.141 e. The van der Waals surface area contributed by atoms with Gasteiger partial charge in [-0.05, 0) is 53.2 Å². The van der Waals surface area contributed by atoms with Crippen LogP contribution in [0.1, 0.15) is 18.5 Å². The minimum absolute atomic E-state index is 0.351. The van der Waals surface area contributed by atoms with Gasteiger partial charge in [-0.3, -0.25) is 0 Å². The fraction of sp³-hybridized carbons (Fsp3) is 0.143. The van der Waals surface area contributed by atoms with Gasteiger partial charge in [0.2, 0.25) is 0 Å². The van der Waals surface area contributed by atoms with Gasteiger partial charge in [0.15, 0.2) is 0 Å². The number of halogens is 3. The van der Waals surface area contributed by atoms with E-state index >= 15 is 0 Å². The summed E-state index contributed by atoms with van der Waals surface area (Å²) < 4.78 is 20.2. The summed E-state index contributed by atoms with van der Waals surface area (Å²) in [7, 11) is 0. The zero-order chi connectivity index (χ0) is 14.0. The van der Waals surface area contributed by atoms with E-state index < -0.39 is 6.04 Å². The second kappa shape index (κ2) is 5.90. The van der Waals surface area contributed by atoms with Crippen molar-refractivity contribution in [3.05, 3.63) is 57.3 Å². The molecule has 1 atom stereocenters. The van der Waals surface area contributed by atoms with E-state index in [2.05, 4.69) is 15.9 Å². The fourth-order valence-corrected chi connectivity index (χ4v) is 2.49. The molecular formula is C14H12BrClFNO. The zero-order valence-electron chi connectivity index (χ0n) is 10.2. The van der Waals surface area contributed by atoms with Crippen molar-refractivity contribution in [2.24, 2.45) is 5.73 Å². The molecule has 0 heterocycles. The average molecular weight is 345 g/mol. The van der Waals surface area contributed by atoms with Crippen molar-refractivity contribution < 1.29 is 9.13 Å². The van der Waals surface area contributed by atoms with Gasteiger partial charge < -0.3 is 10.5 Å². The van der Waals surface area contributed by atoms with Gasteiger partial charge in [-0.1, -0.05) is 17.7 Å². The third-order valence-electron chi connectivity index (χ3n) is 2.58. The first-order chi connectivity index (χ1) is 8.99. The summed E-state index contributed by atoms with van der Waals surface area (Å²) in [6, 6.07) is 9.30. The Morgan fingerprint density at radius 2 is 2.00 bits per heavy atom. The highest BCUT2D eigenvalue weighted by Gasteiger charge is 2.15. The second-order valence-corrected chi connectivity index (χ2v) is 5.41. The first-order valence-electron chi connectivity index (χ1n) is 5.66. The molecule has 2 nitrogen and oxygen atoms in total. The molecule has 0 spiro atoms. The number of nitrogens with two attached hydrogens (primary N) is 1. The maximum Gasteiger partial charge on any atom is 0.141 e. The van der Waals surface area contributed by atoms with Gasteiger partial charge in [-0.2, -0.15) is 0 Å². The molecule has 0 bridgehead atoms. The van der Waals surface area contributed by atoms with Crippen LogP contribution in [0.25, 0.3) is 0 Å². The van der Waals surface area contributed by atoms with E-state index in [4.69, 9.17) is 22.1 Å². The molecule has 0 saturated heterocycles. The van der Waals surface area contributed by atoms with Gasteiger partial charge in [-0.15, -0.1) is 0 Å². The second-order valence-electron chi connectivity index (χ2n) is 4.12. The summed E-state index contributed by atoms with van der Waals surface area (Å²) in [5.41, 5.74) is 6.13. The molecule has 0 aliphatic rings. The largest absolute Gasteiger partial charge is 0.456 e. The normalized spacial score (nSPS) is 12.3. The number of rotatable bonds is 3. The summed E-state index contributed by atoms with van der Waals surface area (Å²) in [5.74, 6) is 0.576. The van der Waals surface area contributed by atoms with Gasteiger partial charge in [0.25, 0.3) is 0 Å². The Morgan fingerprint density at radius 3 is 2.63 bits per heavy atom. The van der Waals surface area contributed by atoms with Crippen LogP contribution in [-0.2, 0) is 0 Å². The van der Waals surface area contributed by atoms with E-state index in [1.165, 1.54) is 6.07 Å². The lowest BCUT2D eigenvalue weighted by Gasteiger charge is -2.15. The zero-order valence-corrected chi connectivity index (χ0v) is 12.5. The number of hydrogen-bond acceptors (Lipinski definition) is 2. The molecule has 0 radical (unpaired) electrons. The molecular weight excluding hydrogens is 333 g/mol. The molecule has 0 saturated carbocycles. The Hall–Kier alpha value is -1.10. The predicted octanol–water partition coefficient (Wildman–Crippen LogP) is 5.05. The van der Waals surface area contributed by atoms with E-state index in [-0.39, 0.29) is 5.82 Å². The lowest BCUT2D eigenvalue weighted by Crippen LogP contribution is -2.09. The van der Waals surface area contributed by atoms with Crippen LogP contribution in [0, 0.1) is 5.82 Å². The summed E-state index contributed by atoms with van der Waals surface area (Å²) in [6.45, 7) is 1.71. The molecule has 0 fully saturated rings. The van der Waals surface area contributed by atoms with Gasteiger partial charge in [0.05, 0.1) is 4.47 Å². The molecule has 0 aromatic heterocycles. The minimum atomic E-state index is -0.456. The summed E-state index contributed by atoms with van der Waals surface area (Å²) in [5, 5.41) is 0.589. The Balaban J connectivity index is 2.41. The highest BCUT2D eigenvalue weighted by molar-refractivity contribution is 9.10. The third kappa shape index (κ3) is 3.26. The van der Waals surface area contributed by atoms with Gasteiger partial charge in [0.1, 0.15) is 17.3 Å². The topological polar surface area (TPSA) is 35.2 Å².